The summed E-state index contributed by atoms with van der Waals surface area (Å²) in [5, 5.41) is 3.28. The molecule has 0 atom stereocenters. The predicted octanol–water partition coefficient (Wildman–Crippen LogP) is 0.774. The molecule has 0 radical (unpaired) electrons. The van der Waals surface area contributed by atoms with Gasteiger partial charge in [-0.2, -0.15) is 0 Å². The molecule has 1 aliphatic rings. The summed E-state index contributed by atoms with van der Waals surface area (Å²) >= 11 is 0. The van der Waals surface area contributed by atoms with Crippen LogP contribution in [-0.4, -0.2) is 4.21 Å². The van der Waals surface area contributed by atoms with E-state index < -0.39 is 10.8 Å². The number of hydrogen-bond donors (Lipinski definition) is 0. The SMILES string of the molecule is O=S1C=CC=C1.[Cu+]. The van der Waals surface area contributed by atoms with Gasteiger partial charge in [0.1, 0.15) is 0 Å². The second-order valence-corrected chi connectivity index (χ2v) is 2.19. The van der Waals surface area contributed by atoms with Crippen LogP contribution in [0, 0.1) is 0 Å². The fourth-order valence-corrected chi connectivity index (χ4v) is 0.873. The minimum atomic E-state index is -0.784. The molecule has 0 aromatic heterocycles. The van der Waals surface area contributed by atoms with Crippen molar-refractivity contribution in [3.05, 3.63) is 23.0 Å². The molecule has 0 amide bonds. The summed E-state index contributed by atoms with van der Waals surface area (Å²) in [4.78, 5) is 0. The van der Waals surface area contributed by atoms with Gasteiger partial charge in [0.2, 0.25) is 0 Å². The monoisotopic (exact) mass is 163 g/mol. The van der Waals surface area contributed by atoms with Crippen molar-refractivity contribution in [2.75, 3.05) is 0 Å². The molecule has 0 unspecified atom stereocenters. The number of rotatable bonds is 0. The molecule has 0 aromatic carbocycles. The van der Waals surface area contributed by atoms with E-state index in [1.165, 1.54) is 0 Å². The van der Waals surface area contributed by atoms with E-state index in [0.717, 1.165) is 0 Å². The molecule has 3 heteroatoms. The Labute approximate surface area is 55.4 Å². The second kappa shape index (κ2) is 3.19. The number of allylic oxidation sites excluding steroid dienone is 2. The van der Waals surface area contributed by atoms with Crippen LogP contribution in [0.25, 0.3) is 0 Å². The number of hydrogen-bond acceptors (Lipinski definition) is 1. The Kier molecular flexibility index (Phi) is 3.26. The Bertz CT molecular complexity index is 114. The van der Waals surface area contributed by atoms with E-state index in [-0.39, 0.29) is 17.1 Å². The molecular formula is C4H4CuOS+. The average Bonchev–Trinajstić information content (AvgIpc) is 1.86. The summed E-state index contributed by atoms with van der Waals surface area (Å²) in [5.74, 6) is 0. The molecule has 1 nitrogen and oxygen atoms in total. The van der Waals surface area contributed by atoms with Crippen molar-refractivity contribution in [2.45, 2.75) is 0 Å². The summed E-state index contributed by atoms with van der Waals surface area (Å²) in [6.45, 7) is 0. The van der Waals surface area contributed by atoms with E-state index in [4.69, 9.17) is 0 Å². The van der Waals surface area contributed by atoms with E-state index in [1.54, 1.807) is 23.0 Å². The fraction of sp³-hybridized carbons (Fsp3) is 0. The minimum absolute atomic E-state index is 0. The van der Waals surface area contributed by atoms with Gasteiger partial charge in [0, 0.05) is 10.8 Å². The summed E-state index contributed by atoms with van der Waals surface area (Å²) < 4.78 is 10.2. The van der Waals surface area contributed by atoms with Crippen LogP contribution < -0.4 is 0 Å². The van der Waals surface area contributed by atoms with Gasteiger partial charge in [-0.25, -0.2) is 0 Å². The molecular weight excluding hydrogens is 160 g/mol. The van der Waals surface area contributed by atoms with Crippen LogP contribution >= 0.6 is 0 Å². The van der Waals surface area contributed by atoms with Gasteiger partial charge in [-0.1, -0.05) is 12.2 Å². The van der Waals surface area contributed by atoms with Gasteiger partial charge in [-0.3, -0.25) is 4.21 Å². The molecule has 0 saturated heterocycles. The molecule has 0 N–H and O–H groups in total. The van der Waals surface area contributed by atoms with Crippen LogP contribution in [0.15, 0.2) is 23.0 Å². The Morgan fingerprint density at radius 2 is 1.57 bits per heavy atom. The first-order valence-electron chi connectivity index (χ1n) is 1.64. The summed E-state index contributed by atoms with van der Waals surface area (Å²) in [6.07, 6.45) is 3.55. The molecule has 0 bridgehead atoms. The van der Waals surface area contributed by atoms with E-state index in [2.05, 4.69) is 0 Å². The molecule has 0 aromatic rings. The quantitative estimate of drug-likeness (QED) is 0.483. The van der Waals surface area contributed by atoms with Crippen molar-refractivity contribution >= 4 is 10.8 Å². The van der Waals surface area contributed by atoms with E-state index in [1.807, 2.05) is 0 Å². The molecule has 0 fully saturated rings. The van der Waals surface area contributed by atoms with Crippen LogP contribution in [0.2, 0.25) is 0 Å². The fourth-order valence-electron chi connectivity index (χ4n) is 0.291. The van der Waals surface area contributed by atoms with Gasteiger partial charge in [0.05, 0.1) is 10.8 Å². The first-order chi connectivity index (χ1) is 2.89. The van der Waals surface area contributed by atoms with Gasteiger partial charge >= 0.3 is 17.1 Å². The van der Waals surface area contributed by atoms with Crippen LogP contribution in [0.1, 0.15) is 0 Å². The molecule has 0 saturated carbocycles. The van der Waals surface area contributed by atoms with Crippen molar-refractivity contribution in [3.8, 4) is 0 Å². The Morgan fingerprint density at radius 3 is 1.71 bits per heavy atom. The van der Waals surface area contributed by atoms with Crippen molar-refractivity contribution in [1.82, 2.24) is 0 Å². The zero-order valence-electron chi connectivity index (χ0n) is 3.43. The minimum Gasteiger partial charge on any atom is -0.250 e. The van der Waals surface area contributed by atoms with Crippen molar-refractivity contribution < 1.29 is 21.3 Å². The maximum absolute atomic E-state index is 10.2. The van der Waals surface area contributed by atoms with Crippen molar-refractivity contribution in [2.24, 2.45) is 0 Å². The standard InChI is InChI=1S/C4H4OS.Cu/c5-6-3-1-2-4-6;/h1-4H;/q;+1. The van der Waals surface area contributed by atoms with Crippen LogP contribution in [0.5, 0.6) is 0 Å². The maximum Gasteiger partial charge on any atom is 1.00 e. The predicted molar refractivity (Wildman–Crippen MR) is 26.4 cm³/mol. The van der Waals surface area contributed by atoms with Gasteiger partial charge in [-0.05, 0) is 0 Å². The van der Waals surface area contributed by atoms with Gasteiger partial charge in [0.25, 0.3) is 0 Å². The first kappa shape index (κ1) is 7.15. The van der Waals surface area contributed by atoms with Crippen molar-refractivity contribution in [3.63, 3.8) is 0 Å². The molecule has 1 aliphatic heterocycles. The van der Waals surface area contributed by atoms with E-state index >= 15 is 0 Å². The molecule has 42 valence electrons. The Morgan fingerprint density at radius 1 is 1.14 bits per heavy atom. The topological polar surface area (TPSA) is 17.1 Å². The normalized spacial score (nSPS) is 17.1. The summed E-state index contributed by atoms with van der Waals surface area (Å²) in [6, 6.07) is 0. The van der Waals surface area contributed by atoms with Crippen LogP contribution in [-0.2, 0) is 27.9 Å². The first-order valence-corrected chi connectivity index (χ1v) is 2.91. The molecule has 0 spiro atoms. The van der Waals surface area contributed by atoms with Crippen molar-refractivity contribution in [1.29, 1.82) is 0 Å². The smallest absolute Gasteiger partial charge is 0.250 e. The van der Waals surface area contributed by atoms with Crippen LogP contribution in [0.3, 0.4) is 0 Å². The third-order valence-corrected chi connectivity index (χ3v) is 1.39. The van der Waals surface area contributed by atoms with Crippen LogP contribution in [0.4, 0.5) is 0 Å². The van der Waals surface area contributed by atoms with Gasteiger partial charge < -0.3 is 0 Å². The Hall–Kier alpha value is 0.149. The molecule has 1 rings (SSSR count). The van der Waals surface area contributed by atoms with Gasteiger partial charge in [0.15, 0.2) is 0 Å². The third kappa shape index (κ3) is 2.07. The zero-order chi connectivity index (χ0) is 4.41. The zero-order valence-corrected chi connectivity index (χ0v) is 5.19. The largest absolute Gasteiger partial charge is 1.00 e. The maximum atomic E-state index is 10.2. The third-order valence-electron chi connectivity index (χ3n) is 0.536. The average molecular weight is 164 g/mol. The molecule has 0 aliphatic carbocycles. The summed E-state index contributed by atoms with van der Waals surface area (Å²) in [5.41, 5.74) is 0. The molecule has 7 heavy (non-hydrogen) atoms. The van der Waals surface area contributed by atoms with E-state index in [0.29, 0.717) is 0 Å². The van der Waals surface area contributed by atoms with E-state index in [9.17, 15) is 4.21 Å². The summed E-state index contributed by atoms with van der Waals surface area (Å²) in [7, 11) is -0.784. The van der Waals surface area contributed by atoms with Gasteiger partial charge in [-0.15, -0.1) is 0 Å². The Balaban J connectivity index is 0.000000360. The molecule has 1 heterocycles. The second-order valence-electron chi connectivity index (χ2n) is 0.986.